The normalized spacial score (nSPS) is 16.3. The van der Waals surface area contributed by atoms with Crippen LogP contribution in [-0.2, 0) is 6.54 Å². The molecular formula is C16H20N4. The summed E-state index contributed by atoms with van der Waals surface area (Å²) >= 11 is 0. The summed E-state index contributed by atoms with van der Waals surface area (Å²) in [6.07, 6.45) is 1.78. The van der Waals surface area contributed by atoms with E-state index in [1.54, 1.807) is 6.20 Å². The molecule has 3 rings (SSSR count). The van der Waals surface area contributed by atoms with E-state index in [0.29, 0.717) is 5.82 Å². The van der Waals surface area contributed by atoms with Crippen LogP contribution >= 0.6 is 0 Å². The maximum atomic E-state index is 5.72. The first-order chi connectivity index (χ1) is 9.81. The highest BCUT2D eigenvalue weighted by Gasteiger charge is 2.17. The van der Waals surface area contributed by atoms with Crippen molar-refractivity contribution in [2.75, 3.05) is 36.8 Å². The van der Waals surface area contributed by atoms with Gasteiger partial charge in [0.2, 0.25) is 0 Å². The molecule has 0 amide bonds. The summed E-state index contributed by atoms with van der Waals surface area (Å²) in [6, 6.07) is 14.6. The van der Waals surface area contributed by atoms with E-state index in [9.17, 15) is 0 Å². The molecule has 2 N–H and O–H groups in total. The van der Waals surface area contributed by atoms with Crippen molar-refractivity contribution >= 4 is 11.5 Å². The van der Waals surface area contributed by atoms with Gasteiger partial charge in [0.25, 0.3) is 0 Å². The first-order valence-electron chi connectivity index (χ1n) is 7.04. The van der Waals surface area contributed by atoms with Crippen molar-refractivity contribution in [3.05, 3.63) is 54.2 Å². The average molecular weight is 268 g/mol. The number of pyridine rings is 1. The van der Waals surface area contributed by atoms with Gasteiger partial charge < -0.3 is 10.6 Å². The Kier molecular flexibility index (Phi) is 3.83. The average Bonchev–Trinajstić information content (AvgIpc) is 2.49. The minimum absolute atomic E-state index is 0.602. The molecule has 1 aliphatic rings. The molecule has 4 nitrogen and oxygen atoms in total. The molecule has 0 saturated carbocycles. The molecule has 1 saturated heterocycles. The Morgan fingerprint density at radius 1 is 1.00 bits per heavy atom. The SMILES string of the molecule is Nc1cc(CN2CCN(c3ccccc3)CC2)ccn1. The van der Waals surface area contributed by atoms with Gasteiger partial charge >= 0.3 is 0 Å². The van der Waals surface area contributed by atoms with Gasteiger partial charge in [0.05, 0.1) is 0 Å². The molecule has 0 bridgehead atoms. The molecule has 2 aromatic rings. The van der Waals surface area contributed by atoms with Gasteiger partial charge in [0.1, 0.15) is 5.82 Å². The lowest BCUT2D eigenvalue weighted by atomic mass is 10.2. The van der Waals surface area contributed by atoms with Crippen LogP contribution in [0, 0.1) is 0 Å². The third-order valence-electron chi connectivity index (χ3n) is 3.75. The summed E-state index contributed by atoms with van der Waals surface area (Å²) < 4.78 is 0. The molecule has 2 heterocycles. The van der Waals surface area contributed by atoms with E-state index in [1.165, 1.54) is 11.3 Å². The Morgan fingerprint density at radius 3 is 2.45 bits per heavy atom. The van der Waals surface area contributed by atoms with E-state index in [4.69, 9.17) is 5.73 Å². The van der Waals surface area contributed by atoms with Crippen LogP contribution in [0.3, 0.4) is 0 Å². The van der Waals surface area contributed by atoms with Crippen molar-refractivity contribution in [1.29, 1.82) is 0 Å². The largest absolute Gasteiger partial charge is 0.384 e. The van der Waals surface area contributed by atoms with Gasteiger partial charge in [0.15, 0.2) is 0 Å². The Bertz CT molecular complexity index is 547. The van der Waals surface area contributed by atoms with Crippen molar-refractivity contribution in [2.45, 2.75) is 6.54 Å². The summed E-state index contributed by atoms with van der Waals surface area (Å²) in [4.78, 5) is 8.94. The van der Waals surface area contributed by atoms with E-state index in [1.807, 2.05) is 12.1 Å². The van der Waals surface area contributed by atoms with Crippen molar-refractivity contribution < 1.29 is 0 Å². The predicted octanol–water partition coefficient (Wildman–Crippen LogP) is 1.99. The van der Waals surface area contributed by atoms with Gasteiger partial charge in [-0.25, -0.2) is 4.98 Å². The predicted molar refractivity (Wildman–Crippen MR) is 82.6 cm³/mol. The molecule has 1 aliphatic heterocycles. The van der Waals surface area contributed by atoms with E-state index in [0.717, 1.165) is 32.7 Å². The van der Waals surface area contributed by atoms with Gasteiger partial charge in [-0.05, 0) is 29.8 Å². The van der Waals surface area contributed by atoms with Crippen molar-refractivity contribution in [1.82, 2.24) is 9.88 Å². The monoisotopic (exact) mass is 268 g/mol. The fourth-order valence-corrected chi connectivity index (χ4v) is 2.65. The van der Waals surface area contributed by atoms with Gasteiger partial charge in [-0.15, -0.1) is 0 Å². The molecule has 4 heteroatoms. The summed E-state index contributed by atoms with van der Waals surface area (Å²) in [6.45, 7) is 5.26. The number of hydrogen-bond acceptors (Lipinski definition) is 4. The molecule has 0 spiro atoms. The molecule has 1 aromatic heterocycles. The number of aromatic nitrogens is 1. The molecule has 0 aliphatic carbocycles. The lowest BCUT2D eigenvalue weighted by Gasteiger charge is -2.36. The molecule has 104 valence electrons. The van der Waals surface area contributed by atoms with Gasteiger partial charge in [-0.3, -0.25) is 4.90 Å². The number of nitrogens with zero attached hydrogens (tertiary/aromatic N) is 3. The van der Waals surface area contributed by atoms with Crippen LogP contribution in [-0.4, -0.2) is 36.1 Å². The topological polar surface area (TPSA) is 45.4 Å². The molecule has 0 atom stereocenters. The van der Waals surface area contributed by atoms with Crippen molar-refractivity contribution in [3.63, 3.8) is 0 Å². The fourth-order valence-electron chi connectivity index (χ4n) is 2.65. The molecular weight excluding hydrogens is 248 g/mol. The molecule has 0 unspecified atom stereocenters. The number of benzene rings is 1. The standard InChI is InChI=1S/C16H20N4/c17-16-12-14(6-7-18-16)13-19-8-10-20(11-9-19)15-4-2-1-3-5-15/h1-7,12H,8-11,13H2,(H2,17,18). The third-order valence-corrected chi connectivity index (χ3v) is 3.75. The third kappa shape index (κ3) is 3.08. The van der Waals surface area contributed by atoms with E-state index in [2.05, 4.69) is 45.1 Å². The molecule has 0 radical (unpaired) electrons. The summed E-state index contributed by atoms with van der Waals surface area (Å²) in [7, 11) is 0. The second kappa shape index (κ2) is 5.92. The highest BCUT2D eigenvalue weighted by Crippen LogP contribution is 2.16. The Balaban J connectivity index is 1.56. The van der Waals surface area contributed by atoms with Crippen LogP contribution in [0.25, 0.3) is 0 Å². The second-order valence-corrected chi connectivity index (χ2v) is 5.19. The number of anilines is 2. The van der Waals surface area contributed by atoms with Gasteiger partial charge in [-0.1, -0.05) is 18.2 Å². The van der Waals surface area contributed by atoms with Crippen LogP contribution in [0.4, 0.5) is 11.5 Å². The Morgan fingerprint density at radius 2 is 1.75 bits per heavy atom. The minimum Gasteiger partial charge on any atom is -0.384 e. The van der Waals surface area contributed by atoms with Crippen molar-refractivity contribution in [3.8, 4) is 0 Å². The van der Waals surface area contributed by atoms with Crippen LogP contribution < -0.4 is 10.6 Å². The fraction of sp³-hybridized carbons (Fsp3) is 0.312. The minimum atomic E-state index is 0.602. The van der Waals surface area contributed by atoms with E-state index in [-0.39, 0.29) is 0 Å². The summed E-state index contributed by atoms with van der Waals surface area (Å²) in [5.41, 5.74) is 8.28. The van der Waals surface area contributed by atoms with Crippen molar-refractivity contribution in [2.24, 2.45) is 0 Å². The zero-order chi connectivity index (χ0) is 13.8. The molecule has 20 heavy (non-hydrogen) atoms. The lowest BCUT2D eigenvalue weighted by Crippen LogP contribution is -2.45. The number of rotatable bonds is 3. The number of nitrogen functional groups attached to an aromatic ring is 1. The number of para-hydroxylation sites is 1. The first kappa shape index (κ1) is 12.9. The molecule has 1 aromatic carbocycles. The van der Waals surface area contributed by atoms with Crippen LogP contribution in [0.1, 0.15) is 5.56 Å². The van der Waals surface area contributed by atoms with E-state index >= 15 is 0 Å². The van der Waals surface area contributed by atoms with Crippen LogP contribution in [0.2, 0.25) is 0 Å². The second-order valence-electron chi connectivity index (χ2n) is 5.19. The summed E-state index contributed by atoms with van der Waals surface area (Å²) in [5, 5.41) is 0. The smallest absolute Gasteiger partial charge is 0.123 e. The zero-order valence-corrected chi connectivity index (χ0v) is 11.6. The Labute approximate surface area is 119 Å². The number of nitrogens with two attached hydrogens (primary N) is 1. The lowest BCUT2D eigenvalue weighted by molar-refractivity contribution is 0.250. The maximum absolute atomic E-state index is 5.72. The summed E-state index contributed by atoms with van der Waals surface area (Å²) in [5.74, 6) is 0.602. The quantitative estimate of drug-likeness (QED) is 0.924. The highest BCUT2D eigenvalue weighted by molar-refractivity contribution is 5.46. The number of hydrogen-bond donors (Lipinski definition) is 1. The molecule has 1 fully saturated rings. The highest BCUT2D eigenvalue weighted by atomic mass is 15.3. The number of piperazine rings is 1. The first-order valence-corrected chi connectivity index (χ1v) is 7.04. The zero-order valence-electron chi connectivity index (χ0n) is 11.6. The Hall–Kier alpha value is -2.07. The van der Waals surface area contributed by atoms with Crippen LogP contribution in [0.5, 0.6) is 0 Å². The maximum Gasteiger partial charge on any atom is 0.123 e. The van der Waals surface area contributed by atoms with Crippen LogP contribution in [0.15, 0.2) is 48.7 Å². The van der Waals surface area contributed by atoms with Gasteiger partial charge in [0, 0.05) is 44.6 Å². The van der Waals surface area contributed by atoms with E-state index < -0.39 is 0 Å². The van der Waals surface area contributed by atoms with Gasteiger partial charge in [-0.2, -0.15) is 0 Å².